The van der Waals surface area contributed by atoms with Gasteiger partial charge >= 0.3 is 11.9 Å². The van der Waals surface area contributed by atoms with Gasteiger partial charge in [-0.2, -0.15) is 0 Å². The van der Waals surface area contributed by atoms with Crippen LogP contribution < -0.4 is 9.64 Å². The predicted octanol–water partition coefficient (Wildman–Crippen LogP) is 2.50. The van der Waals surface area contributed by atoms with Crippen molar-refractivity contribution in [2.24, 2.45) is 5.92 Å². The fourth-order valence-corrected chi connectivity index (χ4v) is 4.01. The number of hydrogen-bond acceptors (Lipinski definition) is 6. The summed E-state index contributed by atoms with van der Waals surface area (Å²) < 4.78 is 15.9. The minimum absolute atomic E-state index is 0.256. The maximum Gasteiger partial charge on any atom is 0.342 e. The number of amides is 1. The van der Waals surface area contributed by atoms with E-state index in [4.69, 9.17) is 14.2 Å². The molecule has 0 spiro atoms. The summed E-state index contributed by atoms with van der Waals surface area (Å²) in [6.45, 7) is 0. The van der Waals surface area contributed by atoms with Gasteiger partial charge in [0, 0.05) is 12.3 Å². The summed E-state index contributed by atoms with van der Waals surface area (Å²) in [6, 6.07) is 13.9. The highest BCUT2D eigenvalue weighted by molar-refractivity contribution is 6.12. The second kappa shape index (κ2) is 6.99. The Kier molecular flexibility index (Phi) is 4.50. The number of fused-ring (bicyclic) bond motifs is 3. The number of para-hydroxylation sites is 2. The molecule has 0 aromatic heterocycles. The van der Waals surface area contributed by atoms with E-state index in [1.165, 1.54) is 19.1 Å². The fraction of sp³-hybridized carbons (Fsp3) is 0.286. The highest BCUT2D eigenvalue weighted by Crippen LogP contribution is 2.45. The second-order valence-electron chi connectivity index (χ2n) is 6.67. The van der Waals surface area contributed by atoms with E-state index in [0.29, 0.717) is 22.6 Å². The first kappa shape index (κ1) is 18.0. The van der Waals surface area contributed by atoms with Crippen molar-refractivity contribution in [2.45, 2.75) is 18.6 Å². The van der Waals surface area contributed by atoms with Crippen molar-refractivity contribution < 1.29 is 28.6 Å². The average Bonchev–Trinajstić information content (AvgIpc) is 2.73. The summed E-state index contributed by atoms with van der Waals surface area (Å²) >= 11 is 0. The van der Waals surface area contributed by atoms with Crippen LogP contribution in [0.3, 0.4) is 0 Å². The lowest BCUT2D eigenvalue weighted by atomic mass is 9.78. The van der Waals surface area contributed by atoms with Crippen molar-refractivity contribution >= 4 is 23.5 Å². The first-order valence-corrected chi connectivity index (χ1v) is 8.90. The summed E-state index contributed by atoms with van der Waals surface area (Å²) in [7, 11) is 2.78. The second-order valence-corrected chi connectivity index (χ2v) is 6.67. The van der Waals surface area contributed by atoms with Crippen LogP contribution in [-0.4, -0.2) is 38.3 Å². The number of carbonyl (C=O) groups excluding carboxylic acids is 3. The monoisotopic (exact) mass is 381 g/mol. The van der Waals surface area contributed by atoms with Gasteiger partial charge in [-0.05, 0) is 23.8 Å². The van der Waals surface area contributed by atoms with E-state index < -0.39 is 35.9 Å². The molecule has 0 aliphatic carbocycles. The van der Waals surface area contributed by atoms with Gasteiger partial charge in [0.2, 0.25) is 5.91 Å². The molecule has 2 heterocycles. The number of anilines is 1. The zero-order chi connectivity index (χ0) is 19.8. The standard InChI is InChI=1S/C21H19NO6/c1-26-16-10-6-4-7-12(16)14-11-17-22(19(23)18(14)21(25)27-2)15-9-5-3-8-13(15)20(24)28-17/h3-10,14,17-18H,11H2,1-2H3/t14-,17+,18-/m1/s1. The summed E-state index contributed by atoms with van der Waals surface area (Å²) in [5.41, 5.74) is 1.44. The molecular weight excluding hydrogens is 362 g/mol. The van der Waals surface area contributed by atoms with Crippen LogP contribution in [0.4, 0.5) is 5.69 Å². The number of esters is 2. The lowest BCUT2D eigenvalue weighted by Gasteiger charge is -2.44. The Bertz CT molecular complexity index is 955. The molecule has 0 radical (unpaired) electrons. The Labute approximate surface area is 161 Å². The minimum Gasteiger partial charge on any atom is -0.496 e. The van der Waals surface area contributed by atoms with E-state index in [0.717, 1.165) is 0 Å². The molecule has 3 atom stereocenters. The first-order valence-electron chi connectivity index (χ1n) is 8.90. The predicted molar refractivity (Wildman–Crippen MR) is 99.0 cm³/mol. The Balaban J connectivity index is 1.83. The van der Waals surface area contributed by atoms with Gasteiger partial charge in [0.05, 0.1) is 25.5 Å². The third-order valence-corrected chi connectivity index (χ3v) is 5.27. The van der Waals surface area contributed by atoms with E-state index in [9.17, 15) is 14.4 Å². The van der Waals surface area contributed by atoms with Crippen molar-refractivity contribution in [3.63, 3.8) is 0 Å². The zero-order valence-electron chi connectivity index (χ0n) is 15.5. The van der Waals surface area contributed by atoms with E-state index in [1.54, 1.807) is 36.4 Å². The van der Waals surface area contributed by atoms with Crippen molar-refractivity contribution in [2.75, 3.05) is 19.1 Å². The van der Waals surface area contributed by atoms with Crippen LogP contribution in [0.15, 0.2) is 48.5 Å². The molecule has 1 fully saturated rings. The SMILES string of the molecule is COC(=O)[C@H]1C(=O)N2c3ccccc3C(=O)O[C@H]2C[C@@H]1c1ccccc1OC. The van der Waals surface area contributed by atoms with Crippen LogP contribution in [0.25, 0.3) is 0 Å². The largest absolute Gasteiger partial charge is 0.496 e. The van der Waals surface area contributed by atoms with Gasteiger partial charge in [0.15, 0.2) is 6.23 Å². The van der Waals surface area contributed by atoms with E-state index in [1.807, 2.05) is 12.1 Å². The van der Waals surface area contributed by atoms with Crippen LogP contribution in [0, 0.1) is 5.92 Å². The van der Waals surface area contributed by atoms with Crippen LogP contribution >= 0.6 is 0 Å². The number of carbonyl (C=O) groups is 3. The Morgan fingerprint density at radius 3 is 2.54 bits per heavy atom. The van der Waals surface area contributed by atoms with E-state index in [-0.39, 0.29) is 6.42 Å². The fourth-order valence-electron chi connectivity index (χ4n) is 4.01. The summed E-state index contributed by atoms with van der Waals surface area (Å²) in [5, 5.41) is 0. The number of methoxy groups -OCH3 is 2. The normalized spacial score (nSPS) is 23.4. The Morgan fingerprint density at radius 2 is 1.79 bits per heavy atom. The Hall–Kier alpha value is -3.35. The van der Waals surface area contributed by atoms with Gasteiger partial charge in [-0.25, -0.2) is 4.79 Å². The molecule has 0 N–H and O–H groups in total. The number of benzene rings is 2. The third-order valence-electron chi connectivity index (χ3n) is 5.27. The molecule has 7 heteroatoms. The molecule has 7 nitrogen and oxygen atoms in total. The molecule has 4 rings (SSSR count). The molecule has 1 saturated heterocycles. The topological polar surface area (TPSA) is 82.1 Å². The number of rotatable bonds is 3. The maximum atomic E-state index is 13.4. The highest BCUT2D eigenvalue weighted by atomic mass is 16.6. The third kappa shape index (κ3) is 2.70. The van der Waals surface area contributed by atoms with Gasteiger partial charge in [-0.1, -0.05) is 30.3 Å². The number of piperidine rings is 1. The molecule has 2 aliphatic rings. The van der Waals surface area contributed by atoms with Crippen LogP contribution in [0.5, 0.6) is 5.75 Å². The van der Waals surface area contributed by atoms with Gasteiger partial charge < -0.3 is 14.2 Å². The van der Waals surface area contributed by atoms with Crippen LogP contribution in [0.1, 0.15) is 28.3 Å². The minimum atomic E-state index is -1.07. The molecular formula is C21H19NO6. The smallest absolute Gasteiger partial charge is 0.342 e. The van der Waals surface area contributed by atoms with Crippen molar-refractivity contribution in [1.29, 1.82) is 0 Å². The number of ether oxygens (including phenoxy) is 3. The van der Waals surface area contributed by atoms with Crippen LogP contribution in [-0.2, 0) is 19.1 Å². The molecule has 2 aliphatic heterocycles. The molecule has 0 bridgehead atoms. The average molecular weight is 381 g/mol. The Morgan fingerprint density at radius 1 is 1.07 bits per heavy atom. The lowest BCUT2D eigenvalue weighted by Crippen LogP contribution is -2.57. The molecule has 2 aromatic carbocycles. The number of hydrogen-bond donors (Lipinski definition) is 0. The number of nitrogens with zero attached hydrogens (tertiary/aromatic N) is 1. The molecule has 28 heavy (non-hydrogen) atoms. The molecule has 0 unspecified atom stereocenters. The van der Waals surface area contributed by atoms with Gasteiger partial charge in [-0.15, -0.1) is 0 Å². The van der Waals surface area contributed by atoms with Gasteiger partial charge in [-0.3, -0.25) is 14.5 Å². The molecule has 2 aromatic rings. The van der Waals surface area contributed by atoms with E-state index in [2.05, 4.69) is 0 Å². The quantitative estimate of drug-likeness (QED) is 0.600. The van der Waals surface area contributed by atoms with Crippen molar-refractivity contribution in [3.8, 4) is 5.75 Å². The zero-order valence-corrected chi connectivity index (χ0v) is 15.5. The van der Waals surface area contributed by atoms with Crippen molar-refractivity contribution in [3.05, 3.63) is 59.7 Å². The van der Waals surface area contributed by atoms with Gasteiger partial charge in [0.1, 0.15) is 11.7 Å². The molecule has 1 amide bonds. The molecule has 0 saturated carbocycles. The molecule has 144 valence electrons. The summed E-state index contributed by atoms with van der Waals surface area (Å²) in [4.78, 5) is 39.8. The highest BCUT2D eigenvalue weighted by Gasteiger charge is 2.51. The van der Waals surface area contributed by atoms with E-state index >= 15 is 0 Å². The summed E-state index contributed by atoms with van der Waals surface area (Å²) in [5.74, 6) is -2.63. The maximum absolute atomic E-state index is 13.4. The summed E-state index contributed by atoms with van der Waals surface area (Å²) in [6.07, 6.45) is -0.544. The first-order chi connectivity index (χ1) is 13.6. The van der Waals surface area contributed by atoms with Gasteiger partial charge in [0.25, 0.3) is 0 Å². The van der Waals surface area contributed by atoms with Crippen LogP contribution in [0.2, 0.25) is 0 Å². The lowest BCUT2D eigenvalue weighted by molar-refractivity contribution is -0.153. The van der Waals surface area contributed by atoms with Crippen molar-refractivity contribution in [1.82, 2.24) is 0 Å².